The van der Waals surface area contributed by atoms with Crippen LogP contribution in [0.3, 0.4) is 0 Å². The highest BCUT2D eigenvalue weighted by atomic mass is 32.1. The lowest BCUT2D eigenvalue weighted by Gasteiger charge is -2.22. The number of nitrogens with one attached hydrogen (secondary N) is 1. The van der Waals surface area contributed by atoms with Crippen LogP contribution >= 0.6 is 11.3 Å². The summed E-state index contributed by atoms with van der Waals surface area (Å²) < 4.78 is 6.44. The van der Waals surface area contributed by atoms with E-state index in [0.29, 0.717) is 13.2 Å². The van der Waals surface area contributed by atoms with Crippen molar-refractivity contribution in [3.8, 4) is 17.0 Å². The van der Waals surface area contributed by atoms with Gasteiger partial charge in [0.05, 0.1) is 11.1 Å². The van der Waals surface area contributed by atoms with E-state index in [0.717, 1.165) is 60.2 Å². The number of ether oxygens (including phenoxy) is 1. The minimum Gasteiger partial charge on any atom is -0.488 e. The van der Waals surface area contributed by atoms with E-state index in [1.54, 1.807) is 11.3 Å². The number of nitrogens with zero attached hydrogens (tertiary/aromatic N) is 2. The molecular weight excluding hydrogens is 446 g/mol. The molecule has 34 heavy (non-hydrogen) atoms. The summed E-state index contributed by atoms with van der Waals surface area (Å²) >= 11 is 1.58. The molecule has 0 unspecified atom stereocenters. The van der Waals surface area contributed by atoms with Gasteiger partial charge in [0.15, 0.2) is 5.13 Å². The first kappa shape index (κ1) is 21.6. The molecule has 0 amide bonds. The second-order valence-corrected chi connectivity index (χ2v) is 10.7. The van der Waals surface area contributed by atoms with Gasteiger partial charge >= 0.3 is 5.97 Å². The first-order chi connectivity index (χ1) is 16.5. The summed E-state index contributed by atoms with van der Waals surface area (Å²) in [5, 5.41) is 16.0. The molecule has 6 rings (SSSR count). The zero-order valence-corrected chi connectivity index (χ0v) is 20.4. The molecule has 0 bridgehead atoms. The standard InChI is InChI=1S/C27H29N3O3S/c1-16-4-3-5-22(23-14-34-26(29-23)30-12-20-10-27(20,15-30)25(31)32)24(16)33-13-19-7-6-18-11-28-9-8-21(18)17(19)2/h3-7,14,20,28H,8-13,15H2,1-2H3,(H,31,32)/t20-,27-/m0/s1. The normalized spacial score (nSPS) is 22.9. The minimum atomic E-state index is -0.667. The molecule has 0 spiro atoms. The highest BCUT2D eigenvalue weighted by Gasteiger charge is 2.65. The van der Waals surface area contributed by atoms with Gasteiger partial charge in [0.1, 0.15) is 12.4 Å². The molecule has 1 saturated heterocycles. The smallest absolute Gasteiger partial charge is 0.311 e. The SMILES string of the molecule is Cc1cccc(-c2csc(N3C[C@@H]4C[C@]4(C(=O)O)C3)n2)c1OCc1ccc2c(c1C)CCNC2. The van der Waals surface area contributed by atoms with E-state index in [2.05, 4.69) is 53.7 Å². The van der Waals surface area contributed by atoms with Gasteiger partial charge in [-0.25, -0.2) is 4.98 Å². The third-order valence-electron chi connectivity index (χ3n) is 7.87. The Kier molecular flexibility index (Phi) is 5.15. The van der Waals surface area contributed by atoms with E-state index in [-0.39, 0.29) is 5.92 Å². The van der Waals surface area contributed by atoms with Crippen LogP contribution in [0.15, 0.2) is 35.7 Å². The minimum absolute atomic E-state index is 0.255. The molecule has 0 radical (unpaired) electrons. The third-order valence-corrected chi connectivity index (χ3v) is 8.77. The molecule has 1 aromatic heterocycles. The monoisotopic (exact) mass is 475 g/mol. The fraction of sp³-hybridized carbons (Fsp3) is 0.407. The predicted octanol–water partition coefficient (Wildman–Crippen LogP) is 4.56. The van der Waals surface area contributed by atoms with Crippen LogP contribution in [0.25, 0.3) is 11.3 Å². The predicted molar refractivity (Wildman–Crippen MR) is 134 cm³/mol. The lowest BCUT2D eigenvalue weighted by Crippen LogP contribution is -2.28. The Morgan fingerprint density at radius 3 is 3.03 bits per heavy atom. The quantitative estimate of drug-likeness (QED) is 0.544. The number of carboxylic acid groups (broad SMARTS) is 1. The van der Waals surface area contributed by atoms with E-state index in [9.17, 15) is 9.90 Å². The number of anilines is 1. The first-order valence-electron chi connectivity index (χ1n) is 11.9. The Labute approximate surface area is 203 Å². The highest BCUT2D eigenvalue weighted by molar-refractivity contribution is 7.14. The molecule has 6 nitrogen and oxygen atoms in total. The number of aliphatic carboxylic acids is 1. The third kappa shape index (κ3) is 3.49. The summed E-state index contributed by atoms with van der Waals surface area (Å²) in [5.74, 6) is 0.454. The van der Waals surface area contributed by atoms with Gasteiger partial charge in [0.25, 0.3) is 0 Å². The van der Waals surface area contributed by atoms with Crippen molar-refractivity contribution in [3.05, 3.63) is 63.5 Å². The average Bonchev–Trinajstić information content (AvgIpc) is 3.18. The fourth-order valence-electron chi connectivity index (χ4n) is 5.66. The molecule has 2 aromatic carbocycles. The van der Waals surface area contributed by atoms with Gasteiger partial charge in [0.2, 0.25) is 0 Å². The van der Waals surface area contributed by atoms with Crippen LogP contribution in [0.4, 0.5) is 5.13 Å². The Morgan fingerprint density at radius 1 is 1.32 bits per heavy atom. The number of thiazole rings is 1. The fourth-order valence-corrected chi connectivity index (χ4v) is 6.49. The topological polar surface area (TPSA) is 74.7 Å². The van der Waals surface area contributed by atoms with Gasteiger partial charge in [-0.15, -0.1) is 11.3 Å². The summed E-state index contributed by atoms with van der Waals surface area (Å²) in [6.45, 7) is 8.11. The van der Waals surface area contributed by atoms with Crippen LogP contribution in [-0.4, -0.2) is 35.7 Å². The zero-order chi connectivity index (χ0) is 23.4. The van der Waals surface area contributed by atoms with Crippen molar-refractivity contribution < 1.29 is 14.6 Å². The Balaban J connectivity index is 1.24. The number of aryl methyl sites for hydroxylation is 1. The van der Waals surface area contributed by atoms with Crippen molar-refractivity contribution in [2.75, 3.05) is 24.5 Å². The van der Waals surface area contributed by atoms with Gasteiger partial charge in [-0.1, -0.05) is 24.3 Å². The van der Waals surface area contributed by atoms with Crippen molar-refractivity contribution in [1.29, 1.82) is 0 Å². The second-order valence-electron chi connectivity index (χ2n) is 9.91. The number of hydrogen-bond acceptors (Lipinski definition) is 6. The van der Waals surface area contributed by atoms with Crippen LogP contribution in [0, 0.1) is 25.2 Å². The maximum atomic E-state index is 11.7. The second kappa shape index (κ2) is 8.10. The van der Waals surface area contributed by atoms with Crippen molar-refractivity contribution >= 4 is 22.4 Å². The Morgan fingerprint density at radius 2 is 2.21 bits per heavy atom. The number of benzene rings is 2. The summed E-state index contributed by atoms with van der Waals surface area (Å²) in [7, 11) is 0. The van der Waals surface area contributed by atoms with Gasteiger partial charge in [-0.05, 0) is 73.0 Å². The average molecular weight is 476 g/mol. The largest absolute Gasteiger partial charge is 0.488 e. The maximum Gasteiger partial charge on any atom is 0.311 e. The number of rotatable bonds is 6. The highest BCUT2D eigenvalue weighted by Crippen LogP contribution is 2.58. The van der Waals surface area contributed by atoms with Crippen LogP contribution < -0.4 is 15.0 Å². The number of carboxylic acids is 1. The lowest BCUT2D eigenvalue weighted by atomic mass is 9.93. The van der Waals surface area contributed by atoms with Gasteiger partial charge in [0, 0.05) is 30.6 Å². The van der Waals surface area contributed by atoms with Crippen LogP contribution in [0.1, 0.15) is 34.2 Å². The van der Waals surface area contributed by atoms with E-state index in [4.69, 9.17) is 9.72 Å². The van der Waals surface area contributed by atoms with Crippen LogP contribution in [-0.2, 0) is 24.4 Å². The summed E-state index contributed by atoms with van der Waals surface area (Å²) in [6, 6.07) is 10.6. The van der Waals surface area contributed by atoms with Crippen molar-refractivity contribution in [2.24, 2.45) is 11.3 Å². The number of piperidine rings is 1. The number of fused-ring (bicyclic) bond motifs is 2. The number of carbonyl (C=O) groups is 1. The molecule has 7 heteroatoms. The molecule has 2 atom stereocenters. The van der Waals surface area contributed by atoms with E-state index >= 15 is 0 Å². The maximum absolute atomic E-state index is 11.7. The van der Waals surface area contributed by atoms with E-state index in [1.807, 2.05) is 6.07 Å². The molecule has 3 heterocycles. The Bertz CT molecular complexity index is 1290. The molecule has 176 valence electrons. The molecule has 1 aliphatic carbocycles. The lowest BCUT2D eigenvalue weighted by molar-refractivity contribution is -0.143. The van der Waals surface area contributed by atoms with Crippen LogP contribution in [0.5, 0.6) is 5.75 Å². The molecule has 3 aliphatic rings. The van der Waals surface area contributed by atoms with Gasteiger partial charge in [-0.2, -0.15) is 0 Å². The number of hydrogen-bond donors (Lipinski definition) is 2. The molecule has 2 N–H and O–H groups in total. The molecule has 2 fully saturated rings. The van der Waals surface area contributed by atoms with E-state index in [1.165, 1.54) is 22.3 Å². The molecule has 2 aliphatic heterocycles. The van der Waals surface area contributed by atoms with Gasteiger partial charge < -0.3 is 20.1 Å². The zero-order valence-electron chi connectivity index (χ0n) is 19.6. The summed E-state index contributed by atoms with van der Waals surface area (Å²) in [4.78, 5) is 18.7. The number of aromatic nitrogens is 1. The molecule has 1 saturated carbocycles. The summed E-state index contributed by atoms with van der Waals surface area (Å²) in [6.07, 6.45) is 1.86. The van der Waals surface area contributed by atoms with Crippen molar-refractivity contribution in [3.63, 3.8) is 0 Å². The van der Waals surface area contributed by atoms with Crippen molar-refractivity contribution in [2.45, 2.75) is 39.8 Å². The number of para-hydroxylation sites is 1. The van der Waals surface area contributed by atoms with Gasteiger partial charge in [-0.3, -0.25) is 4.79 Å². The van der Waals surface area contributed by atoms with Crippen LogP contribution in [0.2, 0.25) is 0 Å². The Hall–Kier alpha value is -2.90. The first-order valence-corrected chi connectivity index (χ1v) is 12.8. The molecular formula is C27H29N3O3S. The molecule has 3 aromatic rings. The van der Waals surface area contributed by atoms with Crippen molar-refractivity contribution in [1.82, 2.24) is 10.3 Å². The summed E-state index contributed by atoms with van der Waals surface area (Å²) in [5.41, 5.74) is 7.82. The van der Waals surface area contributed by atoms with E-state index < -0.39 is 11.4 Å².